The first-order valence-corrected chi connectivity index (χ1v) is 6.05. The fraction of sp³-hybridized carbons (Fsp3) is 0.538. The Hall–Kier alpha value is -1.23. The van der Waals surface area contributed by atoms with E-state index < -0.39 is 12.7 Å². The van der Waals surface area contributed by atoms with E-state index in [1.807, 2.05) is 24.3 Å². The van der Waals surface area contributed by atoms with E-state index in [1.54, 1.807) is 6.92 Å². The number of benzene rings is 1. The van der Waals surface area contributed by atoms with Gasteiger partial charge in [0.25, 0.3) is 0 Å². The topological polar surface area (TPSA) is 29.3 Å². The average Bonchev–Trinajstić information content (AvgIpc) is 2.28. The van der Waals surface area contributed by atoms with Crippen LogP contribution in [0.1, 0.15) is 18.9 Å². The maximum Gasteiger partial charge on any atom is 0.401 e. The van der Waals surface area contributed by atoms with Crippen molar-refractivity contribution < 1.29 is 13.2 Å². The van der Waals surface area contributed by atoms with Crippen LogP contribution in [0.25, 0.3) is 0 Å². The van der Waals surface area contributed by atoms with Crippen molar-refractivity contribution in [3.05, 3.63) is 29.8 Å². The van der Waals surface area contributed by atoms with Crippen molar-refractivity contribution in [2.24, 2.45) is 0 Å². The number of para-hydroxylation sites is 1. The SMILES string of the molecule is CCN(CCCc1ccccc1N)CC(F)(F)F. The molecule has 0 spiro atoms. The van der Waals surface area contributed by atoms with Crippen molar-refractivity contribution in [2.75, 3.05) is 25.4 Å². The minimum Gasteiger partial charge on any atom is -0.399 e. The van der Waals surface area contributed by atoms with Gasteiger partial charge in [-0.05, 0) is 37.6 Å². The van der Waals surface area contributed by atoms with Crippen LogP contribution in [0.2, 0.25) is 0 Å². The van der Waals surface area contributed by atoms with Gasteiger partial charge in [-0.2, -0.15) is 13.2 Å². The molecule has 0 amide bonds. The molecule has 1 aromatic rings. The smallest absolute Gasteiger partial charge is 0.399 e. The molecule has 2 nitrogen and oxygen atoms in total. The number of anilines is 1. The van der Waals surface area contributed by atoms with E-state index in [0.717, 1.165) is 5.56 Å². The third-order valence-corrected chi connectivity index (χ3v) is 2.83. The van der Waals surface area contributed by atoms with Gasteiger partial charge in [-0.15, -0.1) is 0 Å². The fourth-order valence-electron chi connectivity index (χ4n) is 1.86. The van der Waals surface area contributed by atoms with Crippen LogP contribution in [0.3, 0.4) is 0 Å². The summed E-state index contributed by atoms with van der Waals surface area (Å²) in [5, 5.41) is 0. The molecule has 0 bridgehead atoms. The van der Waals surface area contributed by atoms with E-state index in [2.05, 4.69) is 0 Å². The zero-order valence-electron chi connectivity index (χ0n) is 10.5. The summed E-state index contributed by atoms with van der Waals surface area (Å²) < 4.78 is 36.7. The normalized spacial score (nSPS) is 12.1. The summed E-state index contributed by atoms with van der Waals surface area (Å²) in [6.07, 6.45) is -2.74. The van der Waals surface area contributed by atoms with E-state index >= 15 is 0 Å². The molecule has 0 aliphatic rings. The van der Waals surface area contributed by atoms with E-state index in [9.17, 15) is 13.2 Å². The lowest BCUT2D eigenvalue weighted by Gasteiger charge is -2.21. The predicted octanol–water partition coefficient (Wildman–Crippen LogP) is 3.09. The molecule has 2 N–H and O–H groups in total. The predicted molar refractivity (Wildman–Crippen MR) is 67.3 cm³/mol. The molecule has 0 saturated carbocycles. The Bertz CT molecular complexity index is 363. The van der Waals surface area contributed by atoms with Crippen molar-refractivity contribution >= 4 is 5.69 Å². The Labute approximate surface area is 106 Å². The van der Waals surface area contributed by atoms with Gasteiger partial charge in [0.15, 0.2) is 0 Å². The van der Waals surface area contributed by atoms with Gasteiger partial charge in [0.05, 0.1) is 6.54 Å². The number of nitrogen functional groups attached to an aromatic ring is 1. The largest absolute Gasteiger partial charge is 0.401 e. The van der Waals surface area contributed by atoms with Gasteiger partial charge >= 0.3 is 6.18 Å². The number of halogens is 3. The number of nitrogens with two attached hydrogens (primary N) is 1. The second-order valence-electron chi connectivity index (χ2n) is 4.29. The van der Waals surface area contributed by atoms with Crippen molar-refractivity contribution in [1.29, 1.82) is 0 Å². The number of nitrogens with zero attached hydrogens (tertiary/aromatic N) is 1. The first-order valence-electron chi connectivity index (χ1n) is 6.05. The van der Waals surface area contributed by atoms with Crippen molar-refractivity contribution in [3.8, 4) is 0 Å². The molecule has 1 rings (SSSR count). The minimum atomic E-state index is -4.12. The summed E-state index contributed by atoms with van der Waals surface area (Å²) in [4.78, 5) is 1.40. The number of alkyl halides is 3. The van der Waals surface area contributed by atoms with Gasteiger partial charge in [0, 0.05) is 5.69 Å². The lowest BCUT2D eigenvalue weighted by Crippen LogP contribution is -2.34. The third kappa shape index (κ3) is 5.40. The first-order chi connectivity index (χ1) is 8.42. The maximum absolute atomic E-state index is 12.2. The van der Waals surface area contributed by atoms with Crippen molar-refractivity contribution in [1.82, 2.24) is 4.90 Å². The highest BCUT2D eigenvalue weighted by Crippen LogP contribution is 2.17. The Kier molecular flexibility index (Phi) is 5.47. The van der Waals surface area contributed by atoms with E-state index in [1.165, 1.54) is 4.90 Å². The lowest BCUT2D eigenvalue weighted by atomic mass is 10.1. The molecule has 0 unspecified atom stereocenters. The molecule has 0 atom stereocenters. The molecule has 0 saturated heterocycles. The van der Waals surface area contributed by atoms with Crippen LogP contribution >= 0.6 is 0 Å². The molecule has 1 aromatic carbocycles. The van der Waals surface area contributed by atoms with Crippen molar-refractivity contribution in [3.63, 3.8) is 0 Å². The molecular formula is C13H19F3N2. The standard InChI is InChI=1S/C13H19F3N2/c1-2-18(10-13(14,15)16)9-5-7-11-6-3-4-8-12(11)17/h3-4,6,8H,2,5,7,9-10,17H2,1H3. The highest BCUT2D eigenvalue weighted by Gasteiger charge is 2.29. The third-order valence-electron chi connectivity index (χ3n) is 2.83. The zero-order valence-corrected chi connectivity index (χ0v) is 10.5. The van der Waals surface area contributed by atoms with E-state index in [0.29, 0.717) is 31.6 Å². The fourth-order valence-corrected chi connectivity index (χ4v) is 1.86. The number of aryl methyl sites for hydroxylation is 1. The van der Waals surface area contributed by atoms with Crippen LogP contribution in [-0.2, 0) is 6.42 Å². The molecule has 5 heteroatoms. The molecular weight excluding hydrogens is 241 g/mol. The van der Waals surface area contributed by atoms with Crippen LogP contribution < -0.4 is 5.73 Å². The van der Waals surface area contributed by atoms with Gasteiger partial charge < -0.3 is 5.73 Å². The molecule has 102 valence electrons. The number of hydrogen-bond acceptors (Lipinski definition) is 2. The molecule has 0 radical (unpaired) electrons. The van der Waals surface area contributed by atoms with Crippen LogP contribution in [0.4, 0.5) is 18.9 Å². The zero-order chi connectivity index (χ0) is 13.6. The Balaban J connectivity index is 2.38. The highest BCUT2D eigenvalue weighted by atomic mass is 19.4. The molecule has 0 fully saturated rings. The monoisotopic (exact) mass is 260 g/mol. The van der Waals surface area contributed by atoms with Crippen LogP contribution in [-0.4, -0.2) is 30.7 Å². The second kappa shape index (κ2) is 6.64. The van der Waals surface area contributed by atoms with Gasteiger partial charge in [0.1, 0.15) is 0 Å². The van der Waals surface area contributed by atoms with E-state index in [-0.39, 0.29) is 0 Å². The van der Waals surface area contributed by atoms with Crippen LogP contribution in [0, 0.1) is 0 Å². The average molecular weight is 260 g/mol. The second-order valence-corrected chi connectivity index (χ2v) is 4.29. The lowest BCUT2D eigenvalue weighted by molar-refractivity contribution is -0.145. The van der Waals surface area contributed by atoms with Crippen LogP contribution in [0.15, 0.2) is 24.3 Å². The summed E-state index contributed by atoms with van der Waals surface area (Å²) in [5.74, 6) is 0. The number of rotatable bonds is 6. The summed E-state index contributed by atoms with van der Waals surface area (Å²) >= 11 is 0. The van der Waals surface area contributed by atoms with Gasteiger partial charge in [0.2, 0.25) is 0 Å². The van der Waals surface area contributed by atoms with Gasteiger partial charge in [-0.25, -0.2) is 0 Å². The molecule has 0 aliphatic carbocycles. The molecule has 0 aromatic heterocycles. The van der Waals surface area contributed by atoms with Gasteiger partial charge in [-0.3, -0.25) is 4.90 Å². The first kappa shape index (κ1) is 14.8. The molecule has 18 heavy (non-hydrogen) atoms. The quantitative estimate of drug-likeness (QED) is 0.796. The number of hydrogen-bond donors (Lipinski definition) is 1. The molecule has 0 aliphatic heterocycles. The summed E-state index contributed by atoms with van der Waals surface area (Å²) in [6, 6.07) is 7.46. The Morgan fingerprint density at radius 3 is 2.44 bits per heavy atom. The van der Waals surface area contributed by atoms with Gasteiger partial charge in [-0.1, -0.05) is 25.1 Å². The van der Waals surface area contributed by atoms with Crippen LogP contribution in [0.5, 0.6) is 0 Å². The molecule has 0 heterocycles. The highest BCUT2D eigenvalue weighted by molar-refractivity contribution is 5.46. The summed E-state index contributed by atoms with van der Waals surface area (Å²) in [6.45, 7) is 1.74. The summed E-state index contributed by atoms with van der Waals surface area (Å²) in [5.41, 5.74) is 7.48. The maximum atomic E-state index is 12.2. The Morgan fingerprint density at radius 2 is 1.89 bits per heavy atom. The Morgan fingerprint density at radius 1 is 1.22 bits per heavy atom. The van der Waals surface area contributed by atoms with Crippen molar-refractivity contribution in [2.45, 2.75) is 25.9 Å². The summed E-state index contributed by atoms with van der Waals surface area (Å²) in [7, 11) is 0. The van der Waals surface area contributed by atoms with E-state index in [4.69, 9.17) is 5.73 Å². The minimum absolute atomic E-state index is 0.407.